The summed E-state index contributed by atoms with van der Waals surface area (Å²) in [5, 5.41) is 11.5. The Morgan fingerprint density at radius 3 is 2.56 bits per heavy atom. The monoisotopic (exact) mass is 366 g/mol. The Morgan fingerprint density at radius 2 is 1.84 bits per heavy atom. The summed E-state index contributed by atoms with van der Waals surface area (Å²) in [6.07, 6.45) is 12.8. The predicted octanol–water partition coefficient (Wildman–Crippen LogP) is 5.00. The second kappa shape index (κ2) is 6.41. The van der Waals surface area contributed by atoms with Crippen LogP contribution in [0.1, 0.15) is 65.2 Å². The van der Waals surface area contributed by atoms with Crippen LogP contribution in [0.15, 0.2) is 0 Å². The number of aliphatic hydroxyl groups excluding tert-OH is 1. The lowest BCUT2D eigenvalue weighted by Crippen LogP contribution is -2.66. The van der Waals surface area contributed by atoms with Crippen LogP contribution in [0.5, 0.6) is 0 Å². The largest absolute Gasteiger partial charge is 0.392 e. The maximum Gasteiger partial charge on any atom is 0.0637 e. The van der Waals surface area contributed by atoms with Crippen molar-refractivity contribution in [3.05, 3.63) is 0 Å². The van der Waals surface area contributed by atoms with E-state index in [0.29, 0.717) is 16.7 Å². The first-order valence-electron chi connectivity index (χ1n) is 10.6. The Kier molecular flexibility index (Phi) is 4.78. The predicted molar refractivity (Wildman–Crippen MR) is 106 cm³/mol. The second-order valence-corrected chi connectivity index (χ2v) is 11.3. The Balaban J connectivity index is 1.68. The topological polar surface area (TPSA) is 29.5 Å². The zero-order chi connectivity index (χ0) is 17.9. The third-order valence-corrected chi connectivity index (χ3v) is 10.2. The van der Waals surface area contributed by atoms with Crippen LogP contribution in [0.2, 0.25) is 0 Å². The van der Waals surface area contributed by atoms with Crippen LogP contribution in [0.25, 0.3) is 0 Å². The average molecular weight is 367 g/mol. The van der Waals surface area contributed by atoms with E-state index in [4.69, 9.17) is 4.74 Å². The Bertz CT molecular complexity index is 506. The van der Waals surface area contributed by atoms with Gasteiger partial charge in [0.2, 0.25) is 0 Å². The van der Waals surface area contributed by atoms with Crippen LogP contribution < -0.4 is 0 Å². The quantitative estimate of drug-likeness (QED) is 0.759. The molecule has 0 aromatic rings. The fourth-order valence-corrected chi connectivity index (χ4v) is 9.37. The number of thioether (sulfide) groups is 1. The summed E-state index contributed by atoms with van der Waals surface area (Å²) in [6.45, 7) is 6.01. The van der Waals surface area contributed by atoms with Gasteiger partial charge >= 0.3 is 0 Å². The summed E-state index contributed by atoms with van der Waals surface area (Å²) >= 11 is 1.94. The highest BCUT2D eigenvalue weighted by molar-refractivity contribution is 7.98. The fourth-order valence-electron chi connectivity index (χ4n) is 8.53. The Hall–Kier alpha value is 0.270. The zero-order valence-corrected chi connectivity index (χ0v) is 17.5. The lowest BCUT2D eigenvalue weighted by molar-refractivity contribution is -0.243. The molecule has 0 aromatic carbocycles. The third kappa shape index (κ3) is 2.51. The van der Waals surface area contributed by atoms with Crippen molar-refractivity contribution in [1.29, 1.82) is 0 Å². The Labute approximate surface area is 158 Å². The lowest BCUT2D eigenvalue weighted by Gasteiger charge is -2.70. The van der Waals surface area contributed by atoms with Gasteiger partial charge in [-0.1, -0.05) is 20.3 Å². The number of aliphatic hydroxyl groups is 1. The van der Waals surface area contributed by atoms with Gasteiger partial charge in [0.1, 0.15) is 0 Å². The smallest absolute Gasteiger partial charge is 0.0637 e. The number of methoxy groups -OCH3 is 1. The molecule has 5 aliphatic rings. The number of hydrogen-bond donors (Lipinski definition) is 1. The Morgan fingerprint density at radius 1 is 1.08 bits per heavy atom. The molecule has 0 unspecified atom stereocenters. The fraction of sp³-hybridized carbons (Fsp3) is 1.00. The highest BCUT2D eigenvalue weighted by Crippen LogP contribution is 2.72. The van der Waals surface area contributed by atoms with Crippen molar-refractivity contribution < 1.29 is 9.84 Å². The van der Waals surface area contributed by atoms with Crippen molar-refractivity contribution in [2.75, 3.05) is 25.7 Å². The summed E-state index contributed by atoms with van der Waals surface area (Å²) in [4.78, 5) is 0. The van der Waals surface area contributed by atoms with E-state index in [1.54, 1.807) is 0 Å². The molecule has 25 heavy (non-hydrogen) atoms. The van der Waals surface area contributed by atoms with Crippen LogP contribution in [0.4, 0.5) is 0 Å². The molecular formula is C22H38O2S. The van der Waals surface area contributed by atoms with E-state index in [0.717, 1.165) is 30.1 Å². The van der Waals surface area contributed by atoms with Crippen molar-refractivity contribution >= 4 is 11.8 Å². The molecule has 2 nitrogen and oxygen atoms in total. The molecule has 1 N–H and O–H groups in total. The molecule has 1 spiro atoms. The standard InChI is InChI=1S/C22H38O2S/c1-20(14-24-3)8-5-9-21(2)17(20)7-11-22-10-6-15(12-18(21)22)16(13-25-4)19(22)23/h15-19,23H,5-14H2,1-4H3/t15-,16-,17+,18-,19+,20-,21+,22-/m0/s1. The van der Waals surface area contributed by atoms with E-state index in [1.165, 1.54) is 51.4 Å². The minimum Gasteiger partial charge on any atom is -0.392 e. The van der Waals surface area contributed by atoms with Gasteiger partial charge < -0.3 is 9.84 Å². The maximum absolute atomic E-state index is 11.5. The first kappa shape index (κ1) is 18.6. The van der Waals surface area contributed by atoms with E-state index in [9.17, 15) is 5.11 Å². The van der Waals surface area contributed by atoms with Crippen molar-refractivity contribution in [1.82, 2.24) is 0 Å². The van der Waals surface area contributed by atoms with Gasteiger partial charge in [0, 0.05) is 7.11 Å². The van der Waals surface area contributed by atoms with Gasteiger partial charge in [-0.2, -0.15) is 11.8 Å². The molecule has 144 valence electrons. The van der Waals surface area contributed by atoms with Gasteiger partial charge in [-0.05, 0) is 96.9 Å². The van der Waals surface area contributed by atoms with E-state index in [1.807, 2.05) is 18.9 Å². The third-order valence-electron chi connectivity index (χ3n) is 9.44. The molecule has 0 aromatic heterocycles. The summed E-state index contributed by atoms with van der Waals surface area (Å²) in [5.41, 5.74) is 0.975. The number of fused-ring (bicyclic) bond motifs is 3. The van der Waals surface area contributed by atoms with E-state index >= 15 is 0 Å². The highest BCUT2D eigenvalue weighted by atomic mass is 32.2. The minimum atomic E-state index is -0.0502. The first-order valence-corrected chi connectivity index (χ1v) is 12.0. The van der Waals surface area contributed by atoms with Crippen molar-refractivity contribution in [2.45, 2.75) is 71.3 Å². The molecule has 2 bridgehead atoms. The van der Waals surface area contributed by atoms with Gasteiger partial charge in [-0.25, -0.2) is 0 Å². The van der Waals surface area contributed by atoms with Crippen LogP contribution in [0.3, 0.4) is 0 Å². The zero-order valence-electron chi connectivity index (χ0n) is 16.7. The van der Waals surface area contributed by atoms with Crippen molar-refractivity contribution in [2.24, 2.45) is 39.9 Å². The van der Waals surface area contributed by atoms with Crippen molar-refractivity contribution in [3.8, 4) is 0 Å². The summed E-state index contributed by atoms with van der Waals surface area (Å²) < 4.78 is 5.69. The summed E-state index contributed by atoms with van der Waals surface area (Å²) in [6, 6.07) is 0. The van der Waals surface area contributed by atoms with Crippen LogP contribution in [0, 0.1) is 39.9 Å². The molecule has 5 aliphatic carbocycles. The second-order valence-electron chi connectivity index (χ2n) is 10.4. The number of rotatable bonds is 4. The number of ether oxygens (including phenoxy) is 1. The molecule has 0 aliphatic heterocycles. The van der Waals surface area contributed by atoms with Crippen LogP contribution >= 0.6 is 11.8 Å². The molecule has 5 rings (SSSR count). The highest BCUT2D eigenvalue weighted by Gasteiger charge is 2.67. The summed E-state index contributed by atoms with van der Waals surface area (Å²) in [5.74, 6) is 3.98. The van der Waals surface area contributed by atoms with Gasteiger partial charge in [0.05, 0.1) is 12.7 Å². The SMILES string of the molecule is COC[C@]1(C)CCC[C@]2(C)[C@@H]1CC[C@@]13CC[C@@H](C[C@@H]21)[C@H](CSC)[C@H]3O. The van der Waals surface area contributed by atoms with Crippen LogP contribution in [-0.2, 0) is 4.74 Å². The van der Waals surface area contributed by atoms with Crippen molar-refractivity contribution in [3.63, 3.8) is 0 Å². The first-order chi connectivity index (χ1) is 11.9. The lowest BCUT2D eigenvalue weighted by atomic mass is 9.35. The molecule has 8 atom stereocenters. The minimum absolute atomic E-state index is 0.0502. The molecule has 0 saturated heterocycles. The molecule has 0 radical (unpaired) electrons. The van der Waals surface area contributed by atoms with Crippen LogP contribution in [-0.4, -0.2) is 36.9 Å². The molecule has 3 heteroatoms. The molecular weight excluding hydrogens is 328 g/mol. The molecule has 5 saturated carbocycles. The van der Waals surface area contributed by atoms with Gasteiger partial charge in [0.15, 0.2) is 0 Å². The molecule has 0 amide bonds. The van der Waals surface area contributed by atoms with E-state index in [2.05, 4.69) is 20.1 Å². The average Bonchev–Trinajstić information content (AvgIpc) is 2.58. The molecule has 0 heterocycles. The molecule has 5 fully saturated rings. The number of hydrogen-bond acceptors (Lipinski definition) is 3. The maximum atomic E-state index is 11.5. The van der Waals surface area contributed by atoms with Gasteiger partial charge in [-0.3, -0.25) is 0 Å². The van der Waals surface area contributed by atoms with E-state index in [-0.39, 0.29) is 11.5 Å². The van der Waals surface area contributed by atoms with Gasteiger partial charge in [0.25, 0.3) is 0 Å². The van der Waals surface area contributed by atoms with Gasteiger partial charge in [-0.15, -0.1) is 0 Å². The summed E-state index contributed by atoms with van der Waals surface area (Å²) in [7, 11) is 1.88. The van der Waals surface area contributed by atoms with E-state index < -0.39 is 0 Å². The normalized spacial score (nSPS) is 54.8.